The molecule has 3 aromatic rings. The molecule has 0 radical (unpaired) electrons. The molecule has 0 aliphatic heterocycles. The maximum Gasteiger partial charge on any atom is 0.274 e. The van der Waals surface area contributed by atoms with Gasteiger partial charge in [0.15, 0.2) is 0 Å². The fourth-order valence-electron chi connectivity index (χ4n) is 2.18. The van der Waals surface area contributed by atoms with E-state index in [9.17, 15) is 5.26 Å². The molecule has 22 heavy (non-hydrogen) atoms. The lowest BCUT2D eigenvalue weighted by atomic mass is 10.1. The van der Waals surface area contributed by atoms with Crippen LogP contribution in [0.15, 0.2) is 28.7 Å². The summed E-state index contributed by atoms with van der Waals surface area (Å²) in [6, 6.07) is 6.24. The fraction of sp³-hybridized carbons (Fsp3) is 0.200. The lowest BCUT2D eigenvalue weighted by Gasteiger charge is -2.07. The van der Waals surface area contributed by atoms with Crippen molar-refractivity contribution in [3.8, 4) is 11.3 Å². The van der Waals surface area contributed by atoms with E-state index in [0.717, 1.165) is 26.4 Å². The van der Waals surface area contributed by atoms with E-state index in [-0.39, 0.29) is 0 Å². The average Bonchev–Trinajstić information content (AvgIpc) is 3.14. The van der Waals surface area contributed by atoms with Crippen molar-refractivity contribution in [2.75, 3.05) is 11.3 Å². The molecule has 112 valence electrons. The number of nitrogens with one attached hydrogen (secondary N) is 2. The monoisotopic (exact) mass is 330 g/mol. The molecule has 0 bridgehead atoms. The molecular weight excluding hydrogens is 316 g/mol. The molecule has 0 atom stereocenters. The lowest BCUT2D eigenvalue weighted by Crippen LogP contribution is -1.89. The molecule has 0 fully saturated rings. The highest BCUT2D eigenvalue weighted by Gasteiger charge is 2.11. The number of thiazole rings is 1. The number of aromatic nitrogens is 2. The highest BCUT2D eigenvalue weighted by molar-refractivity contribution is 8.02. The zero-order valence-corrected chi connectivity index (χ0v) is 13.8. The van der Waals surface area contributed by atoms with Crippen LogP contribution < -0.4 is 9.46 Å². The van der Waals surface area contributed by atoms with Crippen LogP contribution in [0.3, 0.4) is 0 Å². The van der Waals surface area contributed by atoms with Crippen molar-refractivity contribution in [3.05, 3.63) is 35.7 Å². The Hall–Kier alpha value is -2.17. The third-order valence-corrected chi connectivity index (χ3v) is 4.99. The zero-order valence-electron chi connectivity index (χ0n) is 12.1. The number of hydrogen-bond donors (Lipinski definition) is 2. The Balaban J connectivity index is 1.83. The molecule has 0 amide bonds. The van der Waals surface area contributed by atoms with Crippen molar-refractivity contribution < 1.29 is 4.74 Å². The predicted octanol–water partition coefficient (Wildman–Crippen LogP) is 4.32. The third-order valence-electron chi connectivity index (χ3n) is 3.16. The van der Waals surface area contributed by atoms with Gasteiger partial charge in [-0.1, -0.05) is 17.4 Å². The van der Waals surface area contributed by atoms with Crippen molar-refractivity contribution in [2.24, 2.45) is 0 Å². The molecule has 2 N–H and O–H groups in total. The van der Waals surface area contributed by atoms with Crippen molar-refractivity contribution in [1.29, 1.82) is 5.26 Å². The molecule has 0 unspecified atom stereocenters. The van der Waals surface area contributed by atoms with Crippen LogP contribution in [0.5, 0.6) is 5.19 Å². The number of aromatic amines is 1. The Bertz CT molecular complexity index is 847. The standard InChI is InChI=1S/C15H14N4OS2/c1-3-20-15-18-8-12(21-15)22-19-11-5-4-9(2)13-10(6-16)7-17-14(11)13/h4-5,7-8,17,19H,3H2,1-2H3. The predicted molar refractivity (Wildman–Crippen MR) is 90.5 cm³/mol. The van der Waals surface area contributed by atoms with E-state index < -0.39 is 0 Å². The number of anilines is 1. The summed E-state index contributed by atoms with van der Waals surface area (Å²) in [6.45, 7) is 4.56. The lowest BCUT2D eigenvalue weighted by molar-refractivity contribution is 0.338. The second-order valence-electron chi connectivity index (χ2n) is 4.58. The van der Waals surface area contributed by atoms with Gasteiger partial charge < -0.3 is 14.4 Å². The van der Waals surface area contributed by atoms with Gasteiger partial charge >= 0.3 is 0 Å². The number of nitrogens with zero attached hydrogens (tertiary/aromatic N) is 2. The van der Waals surface area contributed by atoms with Crippen LogP contribution in [0.25, 0.3) is 10.9 Å². The van der Waals surface area contributed by atoms with Gasteiger partial charge in [0.2, 0.25) is 0 Å². The van der Waals surface area contributed by atoms with Gasteiger partial charge in [0, 0.05) is 11.6 Å². The normalized spacial score (nSPS) is 10.6. The van der Waals surface area contributed by atoms with E-state index in [2.05, 4.69) is 20.8 Å². The number of hydrogen-bond acceptors (Lipinski definition) is 6. The quantitative estimate of drug-likeness (QED) is 0.681. The number of fused-ring (bicyclic) bond motifs is 1. The topological polar surface area (TPSA) is 73.7 Å². The summed E-state index contributed by atoms with van der Waals surface area (Å²) in [6.07, 6.45) is 3.53. The number of rotatable bonds is 5. The van der Waals surface area contributed by atoms with Gasteiger partial charge in [-0.3, -0.25) is 0 Å². The Morgan fingerprint density at radius 3 is 3.14 bits per heavy atom. The second kappa shape index (κ2) is 6.30. The highest BCUT2D eigenvalue weighted by atomic mass is 32.2. The van der Waals surface area contributed by atoms with Gasteiger partial charge in [-0.25, -0.2) is 4.98 Å². The molecule has 7 heteroatoms. The third kappa shape index (κ3) is 2.75. The van der Waals surface area contributed by atoms with Crippen LogP contribution in [-0.2, 0) is 0 Å². The van der Waals surface area contributed by atoms with Crippen LogP contribution in [0, 0.1) is 18.3 Å². The minimum atomic E-state index is 0.614. The Kier molecular flexibility index (Phi) is 4.22. The summed E-state index contributed by atoms with van der Waals surface area (Å²) in [7, 11) is 0. The molecule has 3 rings (SSSR count). The first kappa shape index (κ1) is 14.8. The van der Waals surface area contributed by atoms with Gasteiger partial charge in [-0.15, -0.1) is 0 Å². The molecule has 2 heterocycles. The number of aryl methyl sites for hydroxylation is 1. The number of benzene rings is 1. The molecule has 1 aromatic carbocycles. The van der Waals surface area contributed by atoms with Gasteiger partial charge in [-0.2, -0.15) is 5.26 Å². The second-order valence-corrected chi connectivity index (χ2v) is 6.68. The van der Waals surface area contributed by atoms with E-state index in [1.54, 1.807) is 12.4 Å². The highest BCUT2D eigenvalue weighted by Crippen LogP contribution is 2.34. The summed E-state index contributed by atoms with van der Waals surface area (Å²) < 4.78 is 9.70. The largest absolute Gasteiger partial charge is 0.470 e. The molecule has 0 aliphatic rings. The zero-order chi connectivity index (χ0) is 15.5. The maximum atomic E-state index is 9.18. The van der Waals surface area contributed by atoms with Crippen LogP contribution in [0.4, 0.5) is 5.69 Å². The Labute approximate surface area is 136 Å². The van der Waals surface area contributed by atoms with Crippen molar-refractivity contribution >= 4 is 39.9 Å². The number of ether oxygens (including phenoxy) is 1. The molecule has 0 saturated carbocycles. The van der Waals surface area contributed by atoms with Crippen molar-refractivity contribution in [3.63, 3.8) is 0 Å². The summed E-state index contributed by atoms with van der Waals surface area (Å²) in [4.78, 5) is 7.37. The molecule has 0 spiro atoms. The van der Waals surface area contributed by atoms with E-state index in [1.807, 2.05) is 26.0 Å². The van der Waals surface area contributed by atoms with Gasteiger partial charge in [-0.05, 0) is 37.4 Å². The first-order chi connectivity index (χ1) is 10.7. The summed E-state index contributed by atoms with van der Waals surface area (Å²) >= 11 is 2.98. The van der Waals surface area contributed by atoms with Crippen molar-refractivity contribution in [2.45, 2.75) is 18.1 Å². The summed E-state index contributed by atoms with van der Waals surface area (Å²) in [5.41, 5.74) is 3.63. The van der Waals surface area contributed by atoms with Crippen LogP contribution in [0.2, 0.25) is 0 Å². The van der Waals surface area contributed by atoms with Gasteiger partial charge in [0.1, 0.15) is 10.3 Å². The average molecular weight is 330 g/mol. The van der Waals surface area contributed by atoms with E-state index in [4.69, 9.17) is 4.74 Å². The van der Waals surface area contributed by atoms with E-state index in [0.29, 0.717) is 17.4 Å². The molecule has 5 nitrogen and oxygen atoms in total. The molecule has 0 saturated heterocycles. The van der Waals surface area contributed by atoms with E-state index in [1.165, 1.54) is 23.3 Å². The fourth-order valence-corrected chi connectivity index (χ4v) is 3.73. The molecule has 2 aromatic heterocycles. The smallest absolute Gasteiger partial charge is 0.274 e. The molecular formula is C15H14N4OS2. The summed E-state index contributed by atoms with van der Waals surface area (Å²) in [5.74, 6) is 0. The first-order valence-corrected chi connectivity index (χ1v) is 8.38. The minimum Gasteiger partial charge on any atom is -0.470 e. The van der Waals surface area contributed by atoms with Gasteiger partial charge in [0.05, 0.1) is 29.6 Å². The first-order valence-electron chi connectivity index (χ1n) is 6.75. The minimum absolute atomic E-state index is 0.614. The van der Waals surface area contributed by atoms with Crippen molar-refractivity contribution in [1.82, 2.24) is 9.97 Å². The van der Waals surface area contributed by atoms with Gasteiger partial charge in [0.25, 0.3) is 5.19 Å². The number of H-pyrrole nitrogens is 1. The SMILES string of the molecule is CCOc1ncc(SNc2ccc(C)c3c(C#N)c[nH]c23)s1. The maximum absolute atomic E-state index is 9.18. The number of nitriles is 1. The summed E-state index contributed by atoms with van der Waals surface area (Å²) in [5, 5.41) is 10.8. The van der Waals surface area contributed by atoms with Crippen LogP contribution >= 0.6 is 23.3 Å². The van der Waals surface area contributed by atoms with Crippen LogP contribution in [-0.4, -0.2) is 16.6 Å². The Morgan fingerprint density at radius 1 is 1.50 bits per heavy atom. The van der Waals surface area contributed by atoms with Crippen LogP contribution in [0.1, 0.15) is 18.1 Å². The van der Waals surface area contributed by atoms with E-state index >= 15 is 0 Å². The Morgan fingerprint density at radius 2 is 2.36 bits per heavy atom. The molecule has 0 aliphatic carbocycles.